The fourth-order valence-electron chi connectivity index (χ4n) is 2.01. The van der Waals surface area contributed by atoms with Gasteiger partial charge in [0.2, 0.25) is 0 Å². The molecule has 0 radical (unpaired) electrons. The number of hydrogen-bond donors (Lipinski definition) is 0. The first-order valence-electron chi connectivity index (χ1n) is 6.55. The van der Waals surface area contributed by atoms with E-state index in [9.17, 15) is 0 Å². The molecule has 1 nitrogen and oxygen atoms in total. The van der Waals surface area contributed by atoms with Gasteiger partial charge in [0.25, 0.3) is 0 Å². The molecule has 0 aliphatic rings. The lowest BCUT2D eigenvalue weighted by atomic mass is 9.88. The van der Waals surface area contributed by atoms with Crippen molar-refractivity contribution >= 4 is 21.6 Å². The molecule has 2 aromatic rings. The van der Waals surface area contributed by atoms with Crippen molar-refractivity contribution in [3.8, 4) is 0 Å². The van der Waals surface area contributed by atoms with E-state index in [-0.39, 0.29) is 5.41 Å². The van der Waals surface area contributed by atoms with Crippen molar-refractivity contribution in [3.05, 3.63) is 28.8 Å². The average Bonchev–Trinajstić information content (AvgIpc) is 2.57. The second-order valence-corrected chi connectivity index (χ2v) is 8.34. The minimum atomic E-state index is 0.147. The van der Waals surface area contributed by atoms with Gasteiger partial charge in [0, 0.05) is 5.41 Å². The summed E-state index contributed by atoms with van der Waals surface area (Å²) in [5, 5.41) is 1.23. The van der Waals surface area contributed by atoms with Crippen molar-refractivity contribution in [1.82, 2.24) is 4.98 Å². The maximum Gasteiger partial charge on any atom is 0.0992 e. The van der Waals surface area contributed by atoms with Crippen LogP contribution in [0.25, 0.3) is 10.2 Å². The van der Waals surface area contributed by atoms with Crippen molar-refractivity contribution < 1.29 is 0 Å². The van der Waals surface area contributed by atoms with Crippen molar-refractivity contribution in [2.75, 3.05) is 0 Å². The minimum Gasteiger partial charge on any atom is -0.241 e. The number of thiazole rings is 1. The van der Waals surface area contributed by atoms with Crippen molar-refractivity contribution in [1.29, 1.82) is 0 Å². The maximum atomic E-state index is 4.74. The SMILES string of the molecule is CC(C)(C)Cc1ccc2nc(C(C)(C)C)sc2c1. The Morgan fingerprint density at radius 3 is 2.28 bits per heavy atom. The second-order valence-electron chi connectivity index (χ2n) is 7.31. The lowest BCUT2D eigenvalue weighted by Crippen LogP contribution is -2.09. The Balaban J connectivity index is 2.40. The summed E-state index contributed by atoms with van der Waals surface area (Å²) in [5.41, 5.74) is 3.04. The Hall–Kier alpha value is -0.890. The van der Waals surface area contributed by atoms with Gasteiger partial charge in [0.05, 0.1) is 15.2 Å². The number of rotatable bonds is 1. The molecular formula is C16H23NS. The highest BCUT2D eigenvalue weighted by Gasteiger charge is 2.19. The van der Waals surface area contributed by atoms with Gasteiger partial charge in [-0.2, -0.15) is 0 Å². The van der Waals surface area contributed by atoms with Crippen LogP contribution in [-0.2, 0) is 11.8 Å². The molecule has 2 rings (SSSR count). The highest BCUT2D eigenvalue weighted by Crippen LogP contribution is 2.32. The molecular weight excluding hydrogens is 238 g/mol. The fraction of sp³-hybridized carbons (Fsp3) is 0.562. The van der Waals surface area contributed by atoms with Crippen molar-refractivity contribution in [3.63, 3.8) is 0 Å². The van der Waals surface area contributed by atoms with Gasteiger partial charge in [-0.25, -0.2) is 4.98 Å². The Morgan fingerprint density at radius 2 is 1.72 bits per heavy atom. The molecule has 0 amide bonds. The summed E-state index contributed by atoms with van der Waals surface area (Å²) in [4.78, 5) is 4.74. The van der Waals surface area contributed by atoms with Crippen LogP contribution in [0.3, 0.4) is 0 Å². The first-order chi connectivity index (χ1) is 8.15. The molecule has 1 aromatic carbocycles. The van der Waals surface area contributed by atoms with E-state index in [4.69, 9.17) is 4.98 Å². The Kier molecular flexibility index (Phi) is 3.26. The predicted molar refractivity (Wildman–Crippen MR) is 81.5 cm³/mol. The topological polar surface area (TPSA) is 12.9 Å². The smallest absolute Gasteiger partial charge is 0.0992 e. The highest BCUT2D eigenvalue weighted by atomic mass is 32.1. The number of fused-ring (bicyclic) bond motifs is 1. The van der Waals surface area contributed by atoms with E-state index in [0.29, 0.717) is 5.41 Å². The molecule has 1 aromatic heterocycles. The molecule has 0 aliphatic carbocycles. The first-order valence-corrected chi connectivity index (χ1v) is 7.37. The van der Waals surface area contributed by atoms with Gasteiger partial charge in [-0.15, -0.1) is 11.3 Å². The normalized spacial score (nSPS) is 13.2. The molecule has 0 fully saturated rings. The number of benzene rings is 1. The van der Waals surface area contributed by atoms with Gasteiger partial charge < -0.3 is 0 Å². The van der Waals surface area contributed by atoms with Crippen LogP contribution in [0.5, 0.6) is 0 Å². The quantitative estimate of drug-likeness (QED) is 0.689. The molecule has 1 heterocycles. The number of aromatic nitrogens is 1. The van der Waals surface area contributed by atoms with E-state index in [1.807, 2.05) is 11.3 Å². The molecule has 0 saturated carbocycles. The summed E-state index contributed by atoms with van der Waals surface area (Å²) < 4.78 is 1.32. The van der Waals surface area contributed by atoms with Crippen LogP contribution in [0.4, 0.5) is 0 Å². The van der Waals surface area contributed by atoms with E-state index in [1.54, 1.807) is 0 Å². The van der Waals surface area contributed by atoms with Gasteiger partial charge in [-0.1, -0.05) is 47.6 Å². The molecule has 18 heavy (non-hydrogen) atoms. The molecule has 0 aliphatic heterocycles. The fourth-order valence-corrected chi connectivity index (χ4v) is 3.10. The lowest BCUT2D eigenvalue weighted by Gasteiger charge is -2.17. The third-order valence-electron chi connectivity index (χ3n) is 2.83. The highest BCUT2D eigenvalue weighted by molar-refractivity contribution is 7.18. The van der Waals surface area contributed by atoms with Gasteiger partial charge in [0.1, 0.15) is 0 Å². The third kappa shape index (κ3) is 3.11. The van der Waals surface area contributed by atoms with E-state index in [1.165, 1.54) is 15.3 Å². The summed E-state index contributed by atoms with van der Waals surface area (Å²) in [5.74, 6) is 0. The van der Waals surface area contributed by atoms with E-state index >= 15 is 0 Å². The summed E-state index contributed by atoms with van der Waals surface area (Å²) in [7, 11) is 0. The zero-order valence-electron chi connectivity index (χ0n) is 12.3. The standard InChI is InChI=1S/C16H23NS/c1-15(2,3)10-11-7-8-12-13(9-11)18-14(17-12)16(4,5)6/h7-9H,10H2,1-6H3. The summed E-state index contributed by atoms with van der Waals surface area (Å²) >= 11 is 1.83. The van der Waals surface area contributed by atoms with Gasteiger partial charge >= 0.3 is 0 Å². The molecule has 0 unspecified atom stereocenters. The summed E-state index contributed by atoms with van der Waals surface area (Å²) in [6, 6.07) is 6.70. The van der Waals surface area contributed by atoms with Crippen LogP contribution in [0.1, 0.15) is 52.1 Å². The van der Waals surface area contributed by atoms with Gasteiger partial charge in [0.15, 0.2) is 0 Å². The molecule has 2 heteroatoms. The molecule has 0 atom stereocenters. The Morgan fingerprint density at radius 1 is 1.06 bits per heavy atom. The van der Waals surface area contributed by atoms with Crippen LogP contribution in [0, 0.1) is 5.41 Å². The largest absolute Gasteiger partial charge is 0.241 e. The molecule has 0 N–H and O–H groups in total. The number of nitrogens with zero attached hydrogens (tertiary/aromatic N) is 1. The van der Waals surface area contributed by atoms with Crippen LogP contribution < -0.4 is 0 Å². The molecule has 0 spiro atoms. The van der Waals surface area contributed by atoms with Crippen LogP contribution >= 0.6 is 11.3 Å². The summed E-state index contributed by atoms with van der Waals surface area (Å²) in [6.07, 6.45) is 1.12. The van der Waals surface area contributed by atoms with Crippen LogP contribution in [0.2, 0.25) is 0 Å². The molecule has 98 valence electrons. The maximum absolute atomic E-state index is 4.74. The van der Waals surface area contributed by atoms with Gasteiger partial charge in [-0.05, 0) is 29.5 Å². The lowest BCUT2D eigenvalue weighted by molar-refractivity contribution is 0.411. The van der Waals surface area contributed by atoms with Gasteiger partial charge in [-0.3, -0.25) is 0 Å². The predicted octanol–water partition coefficient (Wildman–Crippen LogP) is 5.18. The minimum absolute atomic E-state index is 0.147. The van der Waals surface area contributed by atoms with E-state index in [2.05, 4.69) is 59.7 Å². The van der Waals surface area contributed by atoms with Crippen molar-refractivity contribution in [2.24, 2.45) is 5.41 Å². The molecule has 0 bridgehead atoms. The van der Waals surface area contributed by atoms with Crippen LogP contribution in [-0.4, -0.2) is 4.98 Å². The zero-order chi connectivity index (χ0) is 13.6. The van der Waals surface area contributed by atoms with E-state index in [0.717, 1.165) is 11.9 Å². The average molecular weight is 261 g/mol. The monoisotopic (exact) mass is 261 g/mol. The van der Waals surface area contributed by atoms with Crippen molar-refractivity contribution in [2.45, 2.75) is 53.4 Å². The van der Waals surface area contributed by atoms with E-state index < -0.39 is 0 Å². The Labute approximate surface area is 114 Å². The number of hydrogen-bond acceptors (Lipinski definition) is 2. The first kappa shape index (κ1) is 13.5. The second kappa shape index (κ2) is 4.34. The summed E-state index contributed by atoms with van der Waals surface area (Å²) in [6.45, 7) is 13.5. The molecule has 0 saturated heterocycles. The van der Waals surface area contributed by atoms with Crippen LogP contribution in [0.15, 0.2) is 18.2 Å². The zero-order valence-corrected chi connectivity index (χ0v) is 13.1. The Bertz CT molecular complexity index is 552. The third-order valence-corrected chi connectivity index (χ3v) is 4.27.